The molecular weight excluding hydrogens is 317 g/mol. The molecule has 2 amide bonds. The molecule has 0 radical (unpaired) electrons. The number of methoxy groups -OCH3 is 1. The molecule has 1 aromatic rings. The molecule has 0 spiro atoms. The number of rotatable bonds is 5. The summed E-state index contributed by atoms with van der Waals surface area (Å²) in [5.74, 6) is -1.44. The van der Waals surface area contributed by atoms with Crippen LogP contribution in [0.4, 0.5) is 15.0 Å². The largest absolute Gasteiger partial charge is 0.441 e. The maximum absolute atomic E-state index is 14.2. The highest BCUT2D eigenvalue weighted by Gasteiger charge is 2.47. The third-order valence-electron chi connectivity index (χ3n) is 4.69. The second-order valence-corrected chi connectivity index (χ2v) is 6.15. The number of nitrogens with zero attached hydrogens (tertiary/aromatic N) is 2. The van der Waals surface area contributed by atoms with Gasteiger partial charge in [-0.05, 0) is 24.6 Å². The molecule has 24 heavy (non-hydrogen) atoms. The number of primary amides is 1. The van der Waals surface area contributed by atoms with Crippen molar-refractivity contribution in [3.8, 4) is 0 Å². The zero-order valence-electron chi connectivity index (χ0n) is 13.5. The summed E-state index contributed by atoms with van der Waals surface area (Å²) in [5, 5.41) is 0.0176. The first kappa shape index (κ1) is 16.5. The Morgan fingerprint density at radius 3 is 2.54 bits per heavy atom. The van der Waals surface area contributed by atoms with Crippen LogP contribution >= 0.6 is 0 Å². The molecule has 2 saturated heterocycles. The summed E-state index contributed by atoms with van der Waals surface area (Å²) in [5.41, 5.74) is 6.81. The first-order chi connectivity index (χ1) is 11.4. The maximum Gasteiger partial charge on any atom is 0.439 e. The number of benzene rings is 1. The van der Waals surface area contributed by atoms with Gasteiger partial charge in [0.1, 0.15) is 12.1 Å². The lowest BCUT2D eigenvalue weighted by Crippen LogP contribution is -2.51. The smallest absolute Gasteiger partial charge is 0.439 e. The van der Waals surface area contributed by atoms with Crippen LogP contribution in [-0.4, -0.2) is 49.5 Å². The number of hydrogen-bond acceptors (Lipinski definition) is 5. The van der Waals surface area contributed by atoms with Gasteiger partial charge in [-0.25, -0.2) is 4.79 Å². The van der Waals surface area contributed by atoms with Crippen molar-refractivity contribution in [2.45, 2.75) is 25.2 Å². The van der Waals surface area contributed by atoms with Gasteiger partial charge in [-0.1, -0.05) is 16.6 Å². The number of nitrogens with two attached hydrogens (primary N) is 1. The average molecular weight is 337 g/mol. The lowest BCUT2D eigenvalue weighted by molar-refractivity contribution is -0.124. The highest BCUT2D eigenvalue weighted by Crippen LogP contribution is 2.38. The van der Waals surface area contributed by atoms with Gasteiger partial charge in [0.25, 0.3) is 0 Å². The van der Waals surface area contributed by atoms with E-state index in [0.29, 0.717) is 5.56 Å². The third kappa shape index (κ3) is 2.77. The van der Waals surface area contributed by atoms with Crippen LogP contribution in [0, 0.1) is 5.92 Å². The fraction of sp³-hybridized carbons (Fsp3) is 0.500. The molecule has 3 unspecified atom stereocenters. The quantitative estimate of drug-likeness (QED) is 0.821. The Labute approximate surface area is 139 Å². The Morgan fingerprint density at radius 2 is 2.00 bits per heavy atom. The monoisotopic (exact) mass is 337 g/mol. The number of hydrogen-bond donors (Lipinski definition) is 1. The van der Waals surface area contributed by atoms with Gasteiger partial charge in [0, 0.05) is 25.9 Å². The van der Waals surface area contributed by atoms with E-state index in [1.807, 2.05) is 12.1 Å². The van der Waals surface area contributed by atoms with E-state index in [9.17, 15) is 14.1 Å². The van der Waals surface area contributed by atoms with Gasteiger partial charge in [0.05, 0.1) is 12.0 Å². The molecule has 3 rings (SSSR count). The molecule has 7 nitrogen and oxygen atoms in total. The van der Waals surface area contributed by atoms with E-state index in [-0.39, 0.29) is 11.2 Å². The lowest BCUT2D eigenvalue weighted by atomic mass is 9.92. The number of carbonyl (C=O) groups excluding carboxylic acids is 2. The van der Waals surface area contributed by atoms with Gasteiger partial charge in [-0.15, -0.1) is 5.12 Å². The summed E-state index contributed by atoms with van der Waals surface area (Å²) in [6, 6.07) is 6.18. The SMILES string of the molecule is COC1CN(c2ccc(C3C(C(C)C(N)=O)OC(=O)N3F)cc2)C1. The minimum Gasteiger partial charge on any atom is -0.441 e. The molecule has 0 aromatic heterocycles. The summed E-state index contributed by atoms with van der Waals surface area (Å²) < 4.78 is 24.4. The Morgan fingerprint density at radius 1 is 1.38 bits per heavy atom. The lowest BCUT2D eigenvalue weighted by Gasteiger charge is -2.40. The van der Waals surface area contributed by atoms with Crippen LogP contribution in [0.15, 0.2) is 24.3 Å². The molecule has 0 saturated carbocycles. The van der Waals surface area contributed by atoms with Crippen molar-refractivity contribution in [3.05, 3.63) is 29.8 Å². The molecule has 3 atom stereocenters. The molecule has 0 aliphatic carbocycles. The first-order valence-electron chi connectivity index (χ1n) is 7.75. The van der Waals surface area contributed by atoms with Crippen molar-refractivity contribution in [1.82, 2.24) is 5.12 Å². The van der Waals surface area contributed by atoms with Crippen LogP contribution in [0.1, 0.15) is 18.5 Å². The second-order valence-electron chi connectivity index (χ2n) is 6.15. The Bertz CT molecular complexity index is 633. The summed E-state index contributed by atoms with van der Waals surface area (Å²) in [4.78, 5) is 25.1. The fourth-order valence-corrected chi connectivity index (χ4v) is 3.01. The van der Waals surface area contributed by atoms with Gasteiger partial charge in [0.15, 0.2) is 0 Å². The van der Waals surface area contributed by atoms with Crippen LogP contribution in [0.3, 0.4) is 0 Å². The first-order valence-corrected chi connectivity index (χ1v) is 7.75. The van der Waals surface area contributed by atoms with Gasteiger partial charge in [-0.3, -0.25) is 4.79 Å². The van der Waals surface area contributed by atoms with E-state index < -0.39 is 30.1 Å². The second kappa shape index (κ2) is 6.27. The van der Waals surface area contributed by atoms with E-state index in [4.69, 9.17) is 15.2 Å². The summed E-state index contributed by atoms with van der Waals surface area (Å²) in [6.45, 7) is 3.13. The number of cyclic esters (lactones) is 1. The number of ether oxygens (including phenoxy) is 2. The van der Waals surface area contributed by atoms with E-state index in [1.165, 1.54) is 6.92 Å². The van der Waals surface area contributed by atoms with Crippen molar-refractivity contribution >= 4 is 17.7 Å². The van der Waals surface area contributed by atoms with E-state index >= 15 is 0 Å². The summed E-state index contributed by atoms with van der Waals surface area (Å²) in [6.07, 6.45) is -1.83. The Hall–Kier alpha value is -2.35. The van der Waals surface area contributed by atoms with Gasteiger partial charge >= 0.3 is 6.09 Å². The molecule has 2 heterocycles. The molecule has 2 aliphatic rings. The summed E-state index contributed by atoms with van der Waals surface area (Å²) >= 11 is 0. The van der Waals surface area contributed by atoms with Gasteiger partial charge in [0.2, 0.25) is 5.91 Å². The third-order valence-corrected chi connectivity index (χ3v) is 4.69. The minimum absolute atomic E-state index is 0.0176. The van der Waals surface area contributed by atoms with Crippen molar-refractivity contribution in [2.75, 3.05) is 25.1 Å². The number of halogens is 1. The Kier molecular flexibility index (Phi) is 4.31. The minimum atomic E-state index is -1.10. The van der Waals surface area contributed by atoms with Crippen molar-refractivity contribution < 1.29 is 23.5 Å². The van der Waals surface area contributed by atoms with Crippen molar-refractivity contribution in [2.24, 2.45) is 11.7 Å². The van der Waals surface area contributed by atoms with Crippen LogP contribution in [0.25, 0.3) is 0 Å². The average Bonchev–Trinajstić information content (AvgIpc) is 2.82. The number of amides is 2. The van der Waals surface area contributed by atoms with Crippen LogP contribution in [-0.2, 0) is 14.3 Å². The predicted octanol–water partition coefficient (Wildman–Crippen LogP) is 1.39. The fourth-order valence-electron chi connectivity index (χ4n) is 3.01. The zero-order chi connectivity index (χ0) is 17.4. The molecule has 0 bridgehead atoms. The van der Waals surface area contributed by atoms with Gasteiger partial charge < -0.3 is 20.1 Å². The van der Waals surface area contributed by atoms with Crippen LogP contribution in [0.5, 0.6) is 0 Å². The number of carbonyl (C=O) groups is 2. The normalized spacial score (nSPS) is 25.4. The Balaban J connectivity index is 1.78. The maximum atomic E-state index is 14.2. The molecule has 8 heteroatoms. The van der Waals surface area contributed by atoms with E-state index in [0.717, 1.165) is 18.8 Å². The van der Waals surface area contributed by atoms with E-state index in [2.05, 4.69) is 4.90 Å². The zero-order valence-corrected chi connectivity index (χ0v) is 13.5. The van der Waals surface area contributed by atoms with E-state index in [1.54, 1.807) is 19.2 Å². The molecule has 1 aromatic carbocycles. The molecule has 130 valence electrons. The molecule has 2 aliphatic heterocycles. The summed E-state index contributed by atoms with van der Waals surface area (Å²) in [7, 11) is 1.68. The standard InChI is InChI=1S/C16H20FN3O4/c1-9(15(18)21)14-13(20(17)16(22)24-14)10-3-5-11(6-4-10)19-7-12(8-19)23-2/h3-6,9,12-14H,7-8H2,1-2H3,(H2,18,21). The van der Waals surface area contributed by atoms with Crippen LogP contribution < -0.4 is 10.6 Å². The van der Waals surface area contributed by atoms with Crippen molar-refractivity contribution in [3.63, 3.8) is 0 Å². The predicted molar refractivity (Wildman–Crippen MR) is 83.8 cm³/mol. The topological polar surface area (TPSA) is 85.1 Å². The van der Waals surface area contributed by atoms with Gasteiger partial charge in [-0.2, -0.15) is 0 Å². The highest BCUT2D eigenvalue weighted by molar-refractivity contribution is 5.79. The van der Waals surface area contributed by atoms with Crippen LogP contribution in [0.2, 0.25) is 0 Å². The van der Waals surface area contributed by atoms with Crippen molar-refractivity contribution in [1.29, 1.82) is 0 Å². The molecular formula is C16H20FN3O4. The molecule has 2 N–H and O–H groups in total. The molecule has 2 fully saturated rings. The highest BCUT2D eigenvalue weighted by atomic mass is 19.2. The number of anilines is 1.